The van der Waals surface area contributed by atoms with Gasteiger partial charge in [-0.1, -0.05) is 36.7 Å². The molecule has 0 aliphatic heterocycles. The molecule has 0 fully saturated rings. The Kier molecular flexibility index (Phi) is 5.94. The summed E-state index contributed by atoms with van der Waals surface area (Å²) in [6.07, 6.45) is 2.52. The van der Waals surface area contributed by atoms with Crippen LogP contribution in [0.1, 0.15) is 18.1 Å². The quantitative estimate of drug-likeness (QED) is 0.566. The highest BCUT2D eigenvalue weighted by Crippen LogP contribution is 2.28. The molecule has 5 nitrogen and oxygen atoms in total. The Hall–Kier alpha value is -3.05. The van der Waals surface area contributed by atoms with Crippen LogP contribution in [0.5, 0.6) is 11.6 Å². The number of hydrogen-bond donors (Lipinski definition) is 2. The van der Waals surface area contributed by atoms with Gasteiger partial charge < -0.3 is 15.4 Å². The molecule has 0 aliphatic rings. The highest BCUT2D eigenvalue weighted by molar-refractivity contribution is 6.31. The Morgan fingerprint density at radius 2 is 1.96 bits per heavy atom. The number of amides is 2. The van der Waals surface area contributed by atoms with Crippen LogP contribution in [0.25, 0.3) is 0 Å². The van der Waals surface area contributed by atoms with Gasteiger partial charge in [0, 0.05) is 16.9 Å². The molecule has 3 aromatic rings. The van der Waals surface area contributed by atoms with E-state index >= 15 is 0 Å². The molecule has 6 heteroatoms. The molecule has 0 atom stereocenters. The van der Waals surface area contributed by atoms with E-state index in [-0.39, 0.29) is 0 Å². The average Bonchev–Trinajstić information content (AvgIpc) is 2.66. The number of benzene rings is 2. The van der Waals surface area contributed by atoms with Crippen molar-refractivity contribution in [1.82, 2.24) is 4.98 Å². The number of aryl methyl sites for hydroxylation is 2. The molecule has 2 N–H and O–H groups in total. The van der Waals surface area contributed by atoms with Crippen molar-refractivity contribution in [2.24, 2.45) is 0 Å². The molecule has 138 valence electrons. The zero-order chi connectivity index (χ0) is 19.2. The number of anilines is 2. The molecule has 0 saturated heterocycles. The van der Waals surface area contributed by atoms with Gasteiger partial charge >= 0.3 is 6.03 Å². The third-order valence-corrected chi connectivity index (χ3v) is 4.38. The standard InChI is InChI=1S/C21H20ClN3O2/c1-3-15-6-4-7-17(12-15)27-20-19(8-5-11-23-20)25-21(26)24-16-10-9-14(2)18(22)13-16/h4-13H,3H2,1-2H3,(H2,24,25,26). The van der Waals surface area contributed by atoms with Gasteiger partial charge in [0.2, 0.25) is 5.88 Å². The minimum atomic E-state index is -0.407. The van der Waals surface area contributed by atoms with Crippen LogP contribution in [0.15, 0.2) is 60.8 Å². The Bertz CT molecular complexity index is 960. The van der Waals surface area contributed by atoms with Gasteiger partial charge in [-0.2, -0.15) is 0 Å². The summed E-state index contributed by atoms with van der Waals surface area (Å²) in [5.41, 5.74) is 3.17. The highest BCUT2D eigenvalue weighted by Gasteiger charge is 2.11. The van der Waals surface area contributed by atoms with Gasteiger partial charge in [0.05, 0.1) is 0 Å². The molecule has 0 unspecified atom stereocenters. The first-order chi connectivity index (χ1) is 13.0. The first kappa shape index (κ1) is 18.7. The van der Waals surface area contributed by atoms with Crippen molar-refractivity contribution in [2.75, 3.05) is 10.6 Å². The summed E-state index contributed by atoms with van der Waals surface area (Å²) in [4.78, 5) is 16.6. The lowest BCUT2D eigenvalue weighted by atomic mass is 10.2. The zero-order valence-electron chi connectivity index (χ0n) is 15.1. The number of carbonyl (C=O) groups excluding carboxylic acids is 1. The van der Waals surface area contributed by atoms with E-state index in [1.807, 2.05) is 37.3 Å². The van der Waals surface area contributed by atoms with E-state index in [0.29, 0.717) is 28.0 Å². The van der Waals surface area contributed by atoms with Gasteiger partial charge in [0.15, 0.2) is 0 Å². The van der Waals surface area contributed by atoms with Crippen molar-refractivity contribution < 1.29 is 9.53 Å². The van der Waals surface area contributed by atoms with E-state index in [1.54, 1.807) is 30.5 Å². The molecule has 0 radical (unpaired) electrons. The number of ether oxygens (including phenoxy) is 1. The van der Waals surface area contributed by atoms with Crippen molar-refractivity contribution in [3.8, 4) is 11.6 Å². The summed E-state index contributed by atoms with van der Waals surface area (Å²) in [6.45, 7) is 3.98. The third-order valence-electron chi connectivity index (χ3n) is 3.97. The predicted molar refractivity (Wildman–Crippen MR) is 109 cm³/mol. The maximum absolute atomic E-state index is 12.3. The number of carbonyl (C=O) groups is 1. The minimum Gasteiger partial charge on any atom is -0.437 e. The van der Waals surface area contributed by atoms with Crippen LogP contribution in [-0.2, 0) is 6.42 Å². The Labute approximate surface area is 163 Å². The van der Waals surface area contributed by atoms with Crippen LogP contribution in [0.3, 0.4) is 0 Å². The molecule has 27 heavy (non-hydrogen) atoms. The summed E-state index contributed by atoms with van der Waals surface area (Å²) in [5.74, 6) is 0.990. The van der Waals surface area contributed by atoms with Crippen molar-refractivity contribution >= 4 is 29.0 Å². The predicted octanol–water partition coefficient (Wildman–Crippen LogP) is 6.04. The van der Waals surface area contributed by atoms with E-state index < -0.39 is 6.03 Å². The first-order valence-electron chi connectivity index (χ1n) is 8.61. The Morgan fingerprint density at radius 1 is 1.11 bits per heavy atom. The number of rotatable bonds is 5. The second-order valence-corrected chi connectivity index (χ2v) is 6.41. The Morgan fingerprint density at radius 3 is 2.74 bits per heavy atom. The maximum atomic E-state index is 12.3. The molecular weight excluding hydrogens is 362 g/mol. The van der Waals surface area contributed by atoms with E-state index in [4.69, 9.17) is 16.3 Å². The second kappa shape index (κ2) is 8.56. The van der Waals surface area contributed by atoms with Crippen LogP contribution in [0, 0.1) is 6.92 Å². The highest BCUT2D eigenvalue weighted by atomic mass is 35.5. The number of nitrogens with zero attached hydrogens (tertiary/aromatic N) is 1. The van der Waals surface area contributed by atoms with Crippen molar-refractivity contribution in [3.63, 3.8) is 0 Å². The minimum absolute atomic E-state index is 0.322. The van der Waals surface area contributed by atoms with E-state index in [9.17, 15) is 4.79 Å². The molecule has 1 heterocycles. The monoisotopic (exact) mass is 381 g/mol. The SMILES string of the molecule is CCc1cccc(Oc2ncccc2NC(=O)Nc2ccc(C)c(Cl)c2)c1. The molecule has 0 bridgehead atoms. The number of aromatic nitrogens is 1. The number of urea groups is 1. The average molecular weight is 382 g/mol. The van der Waals surface area contributed by atoms with Crippen LogP contribution < -0.4 is 15.4 Å². The summed E-state index contributed by atoms with van der Waals surface area (Å²) in [6, 6.07) is 16.2. The van der Waals surface area contributed by atoms with Crippen molar-refractivity contribution in [2.45, 2.75) is 20.3 Å². The molecule has 0 aliphatic carbocycles. The Balaban J connectivity index is 1.73. The zero-order valence-corrected chi connectivity index (χ0v) is 15.9. The molecule has 2 amide bonds. The topological polar surface area (TPSA) is 63.2 Å². The van der Waals surface area contributed by atoms with Gasteiger partial charge in [-0.15, -0.1) is 0 Å². The summed E-state index contributed by atoms with van der Waals surface area (Å²) in [5, 5.41) is 6.10. The van der Waals surface area contributed by atoms with E-state index in [2.05, 4.69) is 22.5 Å². The lowest BCUT2D eigenvalue weighted by molar-refractivity contribution is 0.262. The molecular formula is C21H20ClN3O2. The van der Waals surface area contributed by atoms with Gasteiger partial charge in [-0.25, -0.2) is 9.78 Å². The molecule has 1 aromatic heterocycles. The third kappa shape index (κ3) is 4.99. The van der Waals surface area contributed by atoms with E-state index in [0.717, 1.165) is 17.5 Å². The lowest BCUT2D eigenvalue weighted by Crippen LogP contribution is -2.20. The molecule has 2 aromatic carbocycles. The van der Waals surface area contributed by atoms with Crippen LogP contribution in [0.4, 0.5) is 16.2 Å². The number of pyridine rings is 1. The van der Waals surface area contributed by atoms with Crippen LogP contribution >= 0.6 is 11.6 Å². The smallest absolute Gasteiger partial charge is 0.323 e. The fraction of sp³-hybridized carbons (Fsp3) is 0.143. The lowest BCUT2D eigenvalue weighted by Gasteiger charge is -2.12. The summed E-state index contributed by atoms with van der Waals surface area (Å²) in [7, 11) is 0. The largest absolute Gasteiger partial charge is 0.437 e. The first-order valence-corrected chi connectivity index (χ1v) is 8.99. The van der Waals surface area contributed by atoms with Gasteiger partial charge in [-0.3, -0.25) is 0 Å². The normalized spacial score (nSPS) is 10.3. The molecule has 0 saturated carbocycles. The summed E-state index contributed by atoms with van der Waals surface area (Å²) >= 11 is 6.10. The molecule has 0 spiro atoms. The van der Waals surface area contributed by atoms with Gasteiger partial charge in [0.1, 0.15) is 11.4 Å². The van der Waals surface area contributed by atoms with Crippen LogP contribution in [-0.4, -0.2) is 11.0 Å². The number of halogens is 1. The van der Waals surface area contributed by atoms with Crippen LogP contribution in [0.2, 0.25) is 5.02 Å². The fourth-order valence-corrected chi connectivity index (χ4v) is 2.64. The number of hydrogen-bond acceptors (Lipinski definition) is 3. The second-order valence-electron chi connectivity index (χ2n) is 6.00. The number of nitrogens with one attached hydrogen (secondary N) is 2. The van der Waals surface area contributed by atoms with Crippen molar-refractivity contribution in [3.05, 3.63) is 76.9 Å². The maximum Gasteiger partial charge on any atom is 0.323 e. The molecule has 3 rings (SSSR count). The van der Waals surface area contributed by atoms with E-state index in [1.165, 1.54) is 0 Å². The van der Waals surface area contributed by atoms with Gasteiger partial charge in [-0.05, 0) is 60.9 Å². The van der Waals surface area contributed by atoms with Gasteiger partial charge in [0.25, 0.3) is 0 Å². The van der Waals surface area contributed by atoms with Crippen molar-refractivity contribution in [1.29, 1.82) is 0 Å². The fourth-order valence-electron chi connectivity index (χ4n) is 2.46. The summed E-state index contributed by atoms with van der Waals surface area (Å²) < 4.78 is 5.86.